The summed E-state index contributed by atoms with van der Waals surface area (Å²) >= 11 is 0. The summed E-state index contributed by atoms with van der Waals surface area (Å²) in [5, 5.41) is 10.7. The van der Waals surface area contributed by atoms with Gasteiger partial charge in [0, 0.05) is 26.0 Å². The van der Waals surface area contributed by atoms with E-state index in [1.807, 2.05) is 4.90 Å². The Kier molecular flexibility index (Phi) is 4.51. The molecule has 7 heteroatoms. The molecule has 1 aliphatic rings. The first-order valence-corrected chi connectivity index (χ1v) is 6.72. The van der Waals surface area contributed by atoms with E-state index in [-0.39, 0.29) is 19.0 Å². The van der Waals surface area contributed by atoms with Gasteiger partial charge in [0.1, 0.15) is 0 Å². The van der Waals surface area contributed by atoms with Crippen molar-refractivity contribution in [1.29, 1.82) is 0 Å². The van der Waals surface area contributed by atoms with Crippen molar-refractivity contribution in [2.24, 2.45) is 5.73 Å². The third kappa shape index (κ3) is 3.43. The van der Waals surface area contributed by atoms with Crippen LogP contribution in [-0.2, 0) is 4.79 Å². The molecule has 2 heterocycles. The molecule has 0 bridgehead atoms. The van der Waals surface area contributed by atoms with Gasteiger partial charge in [0.2, 0.25) is 11.9 Å². The number of nitrogens with zero attached hydrogens (tertiary/aromatic N) is 4. The van der Waals surface area contributed by atoms with Crippen molar-refractivity contribution >= 4 is 11.9 Å². The van der Waals surface area contributed by atoms with E-state index in [1.165, 1.54) is 4.90 Å². The van der Waals surface area contributed by atoms with E-state index in [0.717, 1.165) is 13.0 Å². The largest absolute Gasteiger partial charge is 0.386 e. The fourth-order valence-electron chi connectivity index (χ4n) is 2.55. The van der Waals surface area contributed by atoms with Gasteiger partial charge in [-0.05, 0) is 18.9 Å². The number of nitrogens with two attached hydrogens (primary N) is 1. The van der Waals surface area contributed by atoms with Gasteiger partial charge in [-0.3, -0.25) is 4.79 Å². The van der Waals surface area contributed by atoms with Crippen molar-refractivity contribution in [3.63, 3.8) is 0 Å². The van der Waals surface area contributed by atoms with E-state index in [1.54, 1.807) is 25.5 Å². The number of rotatable bonds is 4. The first-order chi connectivity index (χ1) is 9.54. The Labute approximate surface area is 118 Å². The van der Waals surface area contributed by atoms with Crippen molar-refractivity contribution in [1.82, 2.24) is 14.9 Å². The van der Waals surface area contributed by atoms with Crippen LogP contribution in [0.4, 0.5) is 5.95 Å². The lowest BCUT2D eigenvalue weighted by Crippen LogP contribution is -2.55. The maximum atomic E-state index is 11.5. The van der Waals surface area contributed by atoms with Crippen LogP contribution in [0, 0.1) is 0 Å². The summed E-state index contributed by atoms with van der Waals surface area (Å²) in [6.45, 7) is 1.45. The molecule has 1 amide bonds. The van der Waals surface area contributed by atoms with Crippen LogP contribution in [0.5, 0.6) is 0 Å². The van der Waals surface area contributed by atoms with E-state index in [9.17, 15) is 9.90 Å². The minimum atomic E-state index is -0.947. The molecule has 0 radical (unpaired) electrons. The highest BCUT2D eigenvalue weighted by atomic mass is 16.3. The first-order valence-electron chi connectivity index (χ1n) is 6.72. The monoisotopic (exact) mass is 279 g/mol. The van der Waals surface area contributed by atoms with Gasteiger partial charge in [0.05, 0.1) is 25.2 Å². The van der Waals surface area contributed by atoms with Crippen molar-refractivity contribution in [3.05, 3.63) is 18.5 Å². The predicted octanol–water partition coefficient (Wildman–Crippen LogP) is -0.775. The van der Waals surface area contributed by atoms with Crippen LogP contribution in [0.3, 0.4) is 0 Å². The molecule has 7 nitrogen and oxygen atoms in total. The van der Waals surface area contributed by atoms with Crippen molar-refractivity contribution in [3.8, 4) is 0 Å². The molecule has 1 aromatic rings. The summed E-state index contributed by atoms with van der Waals surface area (Å²) in [4.78, 5) is 23.4. The summed E-state index contributed by atoms with van der Waals surface area (Å²) in [5.74, 6) is 0.435. The van der Waals surface area contributed by atoms with Crippen molar-refractivity contribution < 1.29 is 9.90 Å². The normalized spacial score (nSPS) is 22.6. The van der Waals surface area contributed by atoms with Gasteiger partial charge in [-0.25, -0.2) is 9.97 Å². The number of carbonyl (C=O) groups excluding carboxylic acids is 1. The molecule has 1 saturated heterocycles. The third-order valence-electron chi connectivity index (χ3n) is 3.52. The summed E-state index contributed by atoms with van der Waals surface area (Å²) in [7, 11) is 1.66. The minimum absolute atomic E-state index is 0.0436. The molecule has 1 aromatic heterocycles. The van der Waals surface area contributed by atoms with Crippen LogP contribution in [-0.4, -0.2) is 64.7 Å². The van der Waals surface area contributed by atoms with Gasteiger partial charge in [-0.15, -0.1) is 0 Å². The van der Waals surface area contributed by atoms with Crippen LogP contribution in [0.25, 0.3) is 0 Å². The number of likely N-dealkylation sites (N-methyl/N-ethyl adjacent to an activating group) is 1. The number of β-amino-alcohol motifs (C(OH)–C–C–N with tert-alkyl or cyclic N) is 1. The van der Waals surface area contributed by atoms with Gasteiger partial charge < -0.3 is 20.6 Å². The topological polar surface area (TPSA) is 95.6 Å². The highest BCUT2D eigenvalue weighted by molar-refractivity contribution is 5.77. The van der Waals surface area contributed by atoms with Crippen LogP contribution in [0.15, 0.2) is 18.5 Å². The molecule has 1 atom stereocenters. The van der Waals surface area contributed by atoms with Crippen molar-refractivity contribution in [2.45, 2.75) is 18.4 Å². The standard InChI is InChI=1S/C13H21N5O2/c1-17(11(19)8-14)9-13(20)4-2-7-18(10-13)12-15-5-3-6-16-12/h3,5-6,20H,2,4,7-10,14H2,1H3/t13-/m1/s1. The van der Waals surface area contributed by atoms with Gasteiger partial charge in [-0.1, -0.05) is 0 Å². The molecule has 0 aromatic carbocycles. The Hall–Kier alpha value is -1.73. The van der Waals surface area contributed by atoms with Gasteiger partial charge in [0.15, 0.2) is 0 Å². The Morgan fingerprint density at radius 1 is 1.55 bits per heavy atom. The molecular formula is C13H21N5O2. The second-order valence-corrected chi connectivity index (χ2v) is 5.25. The Balaban J connectivity index is 2.03. The van der Waals surface area contributed by atoms with Gasteiger partial charge in [-0.2, -0.15) is 0 Å². The number of aliphatic hydroxyl groups is 1. The number of carbonyl (C=O) groups is 1. The zero-order valence-electron chi connectivity index (χ0n) is 11.7. The Morgan fingerprint density at radius 2 is 2.25 bits per heavy atom. The Bertz CT molecular complexity index is 455. The zero-order chi connectivity index (χ0) is 14.6. The lowest BCUT2D eigenvalue weighted by molar-refractivity contribution is -0.132. The lowest BCUT2D eigenvalue weighted by Gasteiger charge is -2.41. The maximum absolute atomic E-state index is 11.5. The van der Waals surface area contributed by atoms with Crippen LogP contribution >= 0.6 is 0 Å². The molecular weight excluding hydrogens is 258 g/mol. The molecule has 0 aliphatic carbocycles. The Morgan fingerprint density at radius 3 is 2.90 bits per heavy atom. The quantitative estimate of drug-likeness (QED) is 0.751. The number of aromatic nitrogens is 2. The number of amides is 1. The number of hydrogen-bond donors (Lipinski definition) is 2. The van der Waals surface area contributed by atoms with E-state index in [4.69, 9.17) is 5.73 Å². The summed E-state index contributed by atoms with van der Waals surface area (Å²) in [6.07, 6.45) is 4.85. The fourth-order valence-corrected chi connectivity index (χ4v) is 2.55. The smallest absolute Gasteiger partial charge is 0.236 e. The minimum Gasteiger partial charge on any atom is -0.386 e. The molecule has 0 saturated carbocycles. The first kappa shape index (κ1) is 14.7. The molecule has 20 heavy (non-hydrogen) atoms. The van der Waals surface area contributed by atoms with E-state index in [0.29, 0.717) is 18.9 Å². The molecule has 1 aliphatic heterocycles. The average Bonchev–Trinajstić information content (AvgIpc) is 2.46. The third-order valence-corrected chi connectivity index (χ3v) is 3.52. The van der Waals surface area contributed by atoms with Crippen LogP contribution in [0.1, 0.15) is 12.8 Å². The predicted molar refractivity (Wildman–Crippen MR) is 75.1 cm³/mol. The van der Waals surface area contributed by atoms with Crippen LogP contribution < -0.4 is 10.6 Å². The summed E-state index contributed by atoms with van der Waals surface area (Å²) < 4.78 is 0. The summed E-state index contributed by atoms with van der Waals surface area (Å²) in [6, 6.07) is 1.76. The second-order valence-electron chi connectivity index (χ2n) is 5.25. The van der Waals surface area contributed by atoms with Crippen molar-refractivity contribution in [2.75, 3.05) is 38.1 Å². The van der Waals surface area contributed by atoms with E-state index < -0.39 is 5.60 Å². The van der Waals surface area contributed by atoms with Gasteiger partial charge >= 0.3 is 0 Å². The maximum Gasteiger partial charge on any atom is 0.236 e. The van der Waals surface area contributed by atoms with Crippen LogP contribution in [0.2, 0.25) is 0 Å². The van der Waals surface area contributed by atoms with E-state index in [2.05, 4.69) is 9.97 Å². The fraction of sp³-hybridized carbons (Fsp3) is 0.615. The number of hydrogen-bond acceptors (Lipinski definition) is 6. The molecule has 0 unspecified atom stereocenters. The molecule has 110 valence electrons. The molecule has 0 spiro atoms. The van der Waals surface area contributed by atoms with Gasteiger partial charge in [0.25, 0.3) is 0 Å². The average molecular weight is 279 g/mol. The molecule has 2 rings (SSSR count). The van der Waals surface area contributed by atoms with E-state index >= 15 is 0 Å². The summed E-state index contributed by atoms with van der Waals surface area (Å²) in [5.41, 5.74) is 4.39. The number of piperidine rings is 1. The highest BCUT2D eigenvalue weighted by Crippen LogP contribution is 2.24. The second kappa shape index (κ2) is 6.15. The molecule has 3 N–H and O–H groups in total. The zero-order valence-corrected chi connectivity index (χ0v) is 11.7. The SMILES string of the molecule is CN(C[C@]1(O)CCCN(c2ncccn2)C1)C(=O)CN. The lowest BCUT2D eigenvalue weighted by atomic mass is 9.92. The molecule has 1 fully saturated rings. The number of anilines is 1. The highest BCUT2D eigenvalue weighted by Gasteiger charge is 2.36.